The molecular formula is C15H16N2O3S. The first-order valence-electron chi connectivity index (χ1n) is 6.84. The highest BCUT2D eigenvalue weighted by atomic mass is 32.1. The highest BCUT2D eigenvalue weighted by Gasteiger charge is 2.22. The zero-order valence-electron chi connectivity index (χ0n) is 11.7. The first kappa shape index (κ1) is 13.9. The Morgan fingerprint density at radius 2 is 2.29 bits per heavy atom. The summed E-state index contributed by atoms with van der Waals surface area (Å²) >= 11 is 1.78. The lowest BCUT2D eigenvalue weighted by molar-refractivity contribution is -0.384. The van der Waals surface area contributed by atoms with E-state index in [9.17, 15) is 10.1 Å². The van der Waals surface area contributed by atoms with Gasteiger partial charge in [-0.25, -0.2) is 0 Å². The molecule has 1 atom stereocenters. The van der Waals surface area contributed by atoms with Crippen molar-refractivity contribution in [3.8, 4) is 5.75 Å². The molecule has 1 heterocycles. The molecule has 0 bridgehead atoms. The van der Waals surface area contributed by atoms with E-state index >= 15 is 0 Å². The van der Waals surface area contributed by atoms with Gasteiger partial charge in [-0.3, -0.25) is 10.1 Å². The topological polar surface area (TPSA) is 64.4 Å². The van der Waals surface area contributed by atoms with E-state index in [0.29, 0.717) is 11.4 Å². The third kappa shape index (κ3) is 2.71. The van der Waals surface area contributed by atoms with E-state index in [1.165, 1.54) is 16.5 Å². The van der Waals surface area contributed by atoms with Crippen molar-refractivity contribution < 1.29 is 9.66 Å². The molecule has 110 valence electrons. The van der Waals surface area contributed by atoms with E-state index < -0.39 is 0 Å². The van der Waals surface area contributed by atoms with Crippen LogP contribution < -0.4 is 10.1 Å². The molecule has 0 saturated heterocycles. The largest absolute Gasteiger partial charge is 0.495 e. The minimum absolute atomic E-state index is 0.0691. The molecule has 1 aliphatic carbocycles. The lowest BCUT2D eigenvalue weighted by Crippen LogP contribution is -2.16. The van der Waals surface area contributed by atoms with Gasteiger partial charge in [0, 0.05) is 17.0 Å². The number of non-ortho nitro benzene ring substituents is 1. The second-order valence-electron chi connectivity index (χ2n) is 5.03. The van der Waals surface area contributed by atoms with Crippen molar-refractivity contribution in [1.29, 1.82) is 0 Å². The average Bonchev–Trinajstić information content (AvgIpc) is 2.96. The second-order valence-corrected chi connectivity index (χ2v) is 6.03. The first-order valence-corrected chi connectivity index (χ1v) is 7.72. The van der Waals surface area contributed by atoms with E-state index in [0.717, 1.165) is 19.3 Å². The van der Waals surface area contributed by atoms with E-state index in [1.54, 1.807) is 30.6 Å². The van der Waals surface area contributed by atoms with Gasteiger partial charge in [-0.15, -0.1) is 11.3 Å². The third-order valence-electron chi connectivity index (χ3n) is 3.78. The van der Waals surface area contributed by atoms with Crippen LogP contribution in [0, 0.1) is 10.1 Å². The Balaban J connectivity index is 1.91. The predicted molar refractivity (Wildman–Crippen MR) is 83.3 cm³/mol. The van der Waals surface area contributed by atoms with Crippen molar-refractivity contribution in [2.24, 2.45) is 0 Å². The van der Waals surface area contributed by atoms with Crippen molar-refractivity contribution >= 4 is 22.7 Å². The minimum atomic E-state index is -0.387. The van der Waals surface area contributed by atoms with Gasteiger partial charge in [-0.2, -0.15) is 0 Å². The quantitative estimate of drug-likeness (QED) is 0.680. The number of nitro benzene ring substituents is 1. The zero-order valence-corrected chi connectivity index (χ0v) is 12.5. The molecule has 0 spiro atoms. The van der Waals surface area contributed by atoms with Crippen LogP contribution in [0.15, 0.2) is 29.6 Å². The van der Waals surface area contributed by atoms with Gasteiger partial charge >= 0.3 is 0 Å². The lowest BCUT2D eigenvalue weighted by Gasteiger charge is -2.25. The maximum absolute atomic E-state index is 10.9. The van der Waals surface area contributed by atoms with Crippen LogP contribution in [0.25, 0.3) is 0 Å². The Labute approximate surface area is 126 Å². The summed E-state index contributed by atoms with van der Waals surface area (Å²) in [6.45, 7) is 0. The number of anilines is 1. The summed E-state index contributed by atoms with van der Waals surface area (Å²) in [4.78, 5) is 12.0. The van der Waals surface area contributed by atoms with E-state index in [-0.39, 0.29) is 16.7 Å². The highest BCUT2D eigenvalue weighted by molar-refractivity contribution is 7.10. The van der Waals surface area contributed by atoms with Gasteiger partial charge in [0.1, 0.15) is 5.75 Å². The Kier molecular flexibility index (Phi) is 3.79. The monoisotopic (exact) mass is 304 g/mol. The molecule has 2 aromatic rings. The lowest BCUT2D eigenvalue weighted by atomic mass is 9.94. The van der Waals surface area contributed by atoms with E-state index in [1.807, 2.05) is 0 Å². The molecule has 21 heavy (non-hydrogen) atoms. The maximum Gasteiger partial charge on any atom is 0.271 e. The van der Waals surface area contributed by atoms with Gasteiger partial charge in [0.15, 0.2) is 0 Å². The minimum Gasteiger partial charge on any atom is -0.495 e. The number of nitro groups is 1. The number of ether oxygens (including phenoxy) is 1. The van der Waals surface area contributed by atoms with E-state index in [2.05, 4.69) is 16.8 Å². The summed E-state index contributed by atoms with van der Waals surface area (Å²) in [5.74, 6) is 0.628. The second kappa shape index (κ2) is 5.73. The Morgan fingerprint density at radius 3 is 3.05 bits per heavy atom. The van der Waals surface area contributed by atoms with Gasteiger partial charge in [0.05, 0.1) is 23.8 Å². The molecule has 1 N–H and O–H groups in total. The number of thiophene rings is 1. The average molecular weight is 304 g/mol. The van der Waals surface area contributed by atoms with Crippen LogP contribution in [0.5, 0.6) is 5.75 Å². The number of benzene rings is 1. The summed E-state index contributed by atoms with van der Waals surface area (Å²) in [6.07, 6.45) is 3.27. The summed E-state index contributed by atoms with van der Waals surface area (Å²) in [5, 5.41) is 16.5. The Bertz CT molecular complexity index is 669. The smallest absolute Gasteiger partial charge is 0.271 e. The number of methoxy groups -OCH3 is 1. The molecule has 1 unspecified atom stereocenters. The number of fused-ring (bicyclic) bond motifs is 1. The Hall–Kier alpha value is -2.08. The van der Waals surface area contributed by atoms with Crippen molar-refractivity contribution in [2.45, 2.75) is 25.3 Å². The fourth-order valence-electron chi connectivity index (χ4n) is 2.75. The number of hydrogen-bond acceptors (Lipinski definition) is 5. The number of aryl methyl sites for hydroxylation is 1. The number of nitrogens with one attached hydrogen (secondary N) is 1. The maximum atomic E-state index is 10.9. The standard InChI is InChI=1S/C15H16N2O3S/c1-20-14-6-5-10(17(18)19)9-13(14)16-12-3-2-4-15-11(12)7-8-21-15/h5-9,12,16H,2-4H2,1H3. The predicted octanol–water partition coefficient (Wildman–Crippen LogP) is 4.15. The van der Waals surface area contributed by atoms with Crippen LogP contribution in [0.2, 0.25) is 0 Å². The third-order valence-corrected chi connectivity index (χ3v) is 4.77. The van der Waals surface area contributed by atoms with Crippen LogP contribution in [-0.4, -0.2) is 12.0 Å². The van der Waals surface area contributed by atoms with Crippen molar-refractivity contribution in [1.82, 2.24) is 0 Å². The number of hydrogen-bond donors (Lipinski definition) is 1. The molecule has 0 aliphatic heterocycles. The number of nitrogens with zero attached hydrogens (tertiary/aromatic N) is 1. The summed E-state index contributed by atoms with van der Waals surface area (Å²) in [6, 6.07) is 6.97. The van der Waals surface area contributed by atoms with Crippen molar-refractivity contribution in [3.05, 3.63) is 50.2 Å². The van der Waals surface area contributed by atoms with Crippen LogP contribution >= 0.6 is 11.3 Å². The number of rotatable bonds is 4. The van der Waals surface area contributed by atoms with Gasteiger partial charge in [-0.05, 0) is 42.3 Å². The Morgan fingerprint density at radius 1 is 1.43 bits per heavy atom. The molecule has 1 aromatic carbocycles. The summed E-state index contributed by atoms with van der Waals surface area (Å²) in [7, 11) is 1.57. The SMILES string of the molecule is COc1ccc([N+](=O)[O-])cc1NC1CCCc2sccc21. The normalized spacial score (nSPS) is 17.1. The van der Waals surface area contributed by atoms with Gasteiger partial charge < -0.3 is 10.1 Å². The van der Waals surface area contributed by atoms with Crippen LogP contribution in [-0.2, 0) is 6.42 Å². The van der Waals surface area contributed by atoms with Crippen molar-refractivity contribution in [2.75, 3.05) is 12.4 Å². The van der Waals surface area contributed by atoms with Crippen LogP contribution in [0.1, 0.15) is 29.3 Å². The fraction of sp³-hybridized carbons (Fsp3) is 0.333. The molecule has 0 amide bonds. The molecular weight excluding hydrogens is 288 g/mol. The molecule has 6 heteroatoms. The highest BCUT2D eigenvalue weighted by Crippen LogP contribution is 2.38. The van der Waals surface area contributed by atoms with Crippen LogP contribution in [0.4, 0.5) is 11.4 Å². The molecule has 0 fully saturated rings. The van der Waals surface area contributed by atoms with Crippen LogP contribution in [0.3, 0.4) is 0 Å². The van der Waals surface area contributed by atoms with Crippen molar-refractivity contribution in [3.63, 3.8) is 0 Å². The summed E-state index contributed by atoms with van der Waals surface area (Å²) in [5.41, 5.74) is 2.05. The van der Waals surface area contributed by atoms with E-state index in [4.69, 9.17) is 4.74 Å². The molecule has 5 nitrogen and oxygen atoms in total. The molecule has 1 aromatic heterocycles. The first-order chi connectivity index (χ1) is 10.2. The molecule has 0 saturated carbocycles. The molecule has 3 rings (SSSR count). The van der Waals surface area contributed by atoms with Gasteiger partial charge in [0.2, 0.25) is 0 Å². The van der Waals surface area contributed by atoms with Gasteiger partial charge in [-0.1, -0.05) is 0 Å². The van der Waals surface area contributed by atoms with Gasteiger partial charge in [0.25, 0.3) is 5.69 Å². The molecule has 0 radical (unpaired) electrons. The fourth-order valence-corrected chi connectivity index (χ4v) is 3.73. The molecule has 1 aliphatic rings. The summed E-state index contributed by atoms with van der Waals surface area (Å²) < 4.78 is 5.31. The zero-order chi connectivity index (χ0) is 14.8.